The monoisotopic (exact) mass is 422 g/mol. The summed E-state index contributed by atoms with van der Waals surface area (Å²) in [6.45, 7) is 5.32. The normalized spacial score (nSPS) is 13.4. The molecule has 2 aromatic rings. The van der Waals surface area contributed by atoms with Gasteiger partial charge in [0.1, 0.15) is 17.6 Å². The lowest BCUT2D eigenvalue weighted by Crippen LogP contribution is -2.48. The molecule has 0 aliphatic heterocycles. The van der Waals surface area contributed by atoms with Crippen LogP contribution >= 0.6 is 0 Å². The van der Waals surface area contributed by atoms with Gasteiger partial charge in [0, 0.05) is 0 Å². The number of benzene rings is 2. The summed E-state index contributed by atoms with van der Waals surface area (Å²) < 4.78 is 44.5. The Morgan fingerprint density at radius 3 is 2.45 bits per heavy atom. The maximum atomic E-state index is 13.6. The zero-order valence-corrected chi connectivity index (χ0v) is 18.1. The quantitative estimate of drug-likeness (QED) is 0.706. The zero-order valence-electron chi connectivity index (χ0n) is 17.3. The fourth-order valence-electron chi connectivity index (χ4n) is 3.25. The standard InChI is InChI=1S/C21H27FN2O4S/c1-6-19(16-10-11-20(28-4)14(2)12-16)23-21(25)15(3)24(29(5,26)27)18-9-7-8-17(22)13-18/h7-13,15,19H,6H2,1-5H3,(H,23,25)/t15-,19+/m1/s1. The van der Waals surface area contributed by atoms with Gasteiger partial charge in [-0.1, -0.05) is 25.1 Å². The third kappa shape index (κ3) is 5.47. The van der Waals surface area contributed by atoms with Crippen molar-refractivity contribution < 1.29 is 22.3 Å². The van der Waals surface area contributed by atoms with Crippen LogP contribution in [0.1, 0.15) is 37.4 Å². The Hall–Kier alpha value is -2.61. The average Bonchev–Trinajstić information content (AvgIpc) is 2.64. The first-order chi connectivity index (χ1) is 13.6. The Bertz CT molecular complexity index is 978. The second kappa shape index (κ2) is 9.26. The highest BCUT2D eigenvalue weighted by atomic mass is 32.2. The molecule has 2 rings (SSSR count). The molecule has 0 bridgehead atoms. The number of ether oxygens (including phenoxy) is 1. The summed E-state index contributed by atoms with van der Waals surface area (Å²) in [5.41, 5.74) is 1.93. The number of aryl methyl sites for hydroxylation is 1. The molecule has 0 aliphatic rings. The lowest BCUT2D eigenvalue weighted by Gasteiger charge is -2.30. The van der Waals surface area contributed by atoms with E-state index in [2.05, 4.69) is 5.32 Å². The molecule has 0 saturated heterocycles. The molecule has 29 heavy (non-hydrogen) atoms. The van der Waals surface area contributed by atoms with Gasteiger partial charge >= 0.3 is 0 Å². The molecular formula is C21H27FN2O4S. The van der Waals surface area contributed by atoms with Gasteiger partial charge in [-0.3, -0.25) is 9.10 Å². The Morgan fingerprint density at radius 1 is 1.24 bits per heavy atom. The molecule has 1 N–H and O–H groups in total. The summed E-state index contributed by atoms with van der Waals surface area (Å²) in [5, 5.41) is 2.90. The molecule has 0 radical (unpaired) electrons. The smallest absolute Gasteiger partial charge is 0.244 e. The van der Waals surface area contributed by atoms with E-state index in [4.69, 9.17) is 4.74 Å². The van der Waals surface area contributed by atoms with Crippen molar-refractivity contribution in [1.82, 2.24) is 5.32 Å². The minimum Gasteiger partial charge on any atom is -0.496 e. The topological polar surface area (TPSA) is 75.7 Å². The molecule has 0 heterocycles. The largest absolute Gasteiger partial charge is 0.496 e. The van der Waals surface area contributed by atoms with Gasteiger partial charge in [0.25, 0.3) is 0 Å². The number of sulfonamides is 1. The number of rotatable bonds is 8. The van der Waals surface area contributed by atoms with E-state index in [0.29, 0.717) is 6.42 Å². The highest BCUT2D eigenvalue weighted by Crippen LogP contribution is 2.26. The lowest BCUT2D eigenvalue weighted by atomic mass is 10.0. The number of anilines is 1. The molecule has 0 spiro atoms. The van der Waals surface area contributed by atoms with E-state index in [1.807, 2.05) is 32.0 Å². The minimum absolute atomic E-state index is 0.100. The van der Waals surface area contributed by atoms with Gasteiger partial charge in [-0.2, -0.15) is 0 Å². The minimum atomic E-state index is -3.81. The molecule has 0 aliphatic carbocycles. The predicted molar refractivity (Wildman–Crippen MR) is 112 cm³/mol. The number of methoxy groups -OCH3 is 1. The maximum Gasteiger partial charge on any atom is 0.244 e. The number of nitrogens with one attached hydrogen (secondary N) is 1. The summed E-state index contributed by atoms with van der Waals surface area (Å²) in [6, 6.07) is 9.44. The van der Waals surface area contributed by atoms with Crippen molar-refractivity contribution in [3.63, 3.8) is 0 Å². The van der Waals surface area contributed by atoms with Crippen LogP contribution in [-0.4, -0.2) is 33.7 Å². The van der Waals surface area contributed by atoms with Crippen molar-refractivity contribution in [3.8, 4) is 5.75 Å². The number of halogens is 1. The van der Waals surface area contributed by atoms with E-state index in [1.165, 1.54) is 25.1 Å². The van der Waals surface area contributed by atoms with Gasteiger partial charge < -0.3 is 10.1 Å². The Labute approximate surface area is 171 Å². The molecule has 0 unspecified atom stereocenters. The highest BCUT2D eigenvalue weighted by molar-refractivity contribution is 7.92. The summed E-state index contributed by atoms with van der Waals surface area (Å²) >= 11 is 0. The Morgan fingerprint density at radius 2 is 1.93 bits per heavy atom. The SMILES string of the molecule is CC[C@H](NC(=O)[C@@H](C)N(c1cccc(F)c1)S(C)(=O)=O)c1ccc(OC)c(C)c1. The van der Waals surface area contributed by atoms with Crippen LogP contribution in [0.3, 0.4) is 0 Å². The molecule has 6 nitrogen and oxygen atoms in total. The summed E-state index contributed by atoms with van der Waals surface area (Å²) in [7, 11) is -2.22. The third-order valence-electron chi connectivity index (χ3n) is 4.70. The molecular weight excluding hydrogens is 395 g/mol. The lowest BCUT2D eigenvalue weighted by molar-refractivity contribution is -0.122. The molecule has 2 atom stereocenters. The van der Waals surface area contributed by atoms with Crippen molar-refractivity contribution in [2.45, 2.75) is 39.3 Å². The highest BCUT2D eigenvalue weighted by Gasteiger charge is 2.30. The number of hydrogen-bond acceptors (Lipinski definition) is 4. The number of hydrogen-bond donors (Lipinski definition) is 1. The van der Waals surface area contributed by atoms with Crippen LogP contribution in [0.2, 0.25) is 0 Å². The van der Waals surface area contributed by atoms with Gasteiger partial charge in [0.05, 0.1) is 25.1 Å². The fraction of sp³-hybridized carbons (Fsp3) is 0.381. The van der Waals surface area contributed by atoms with Gasteiger partial charge in [-0.15, -0.1) is 0 Å². The maximum absolute atomic E-state index is 13.6. The second-order valence-electron chi connectivity index (χ2n) is 6.91. The van der Waals surface area contributed by atoms with Crippen molar-refractivity contribution >= 4 is 21.6 Å². The first-order valence-electron chi connectivity index (χ1n) is 9.28. The summed E-state index contributed by atoms with van der Waals surface area (Å²) in [5.74, 6) is -0.304. The van der Waals surface area contributed by atoms with Gasteiger partial charge in [0.2, 0.25) is 15.9 Å². The van der Waals surface area contributed by atoms with E-state index in [1.54, 1.807) is 7.11 Å². The molecule has 0 saturated carbocycles. The van der Waals surface area contributed by atoms with E-state index in [0.717, 1.165) is 33.5 Å². The number of amides is 1. The van der Waals surface area contributed by atoms with Crippen LogP contribution in [0, 0.1) is 12.7 Å². The summed E-state index contributed by atoms with van der Waals surface area (Å²) in [4.78, 5) is 12.9. The van der Waals surface area contributed by atoms with Crippen LogP contribution < -0.4 is 14.4 Å². The van der Waals surface area contributed by atoms with Gasteiger partial charge in [-0.05, 0) is 55.7 Å². The Balaban J connectivity index is 2.29. The predicted octanol–water partition coefficient (Wildman–Crippen LogP) is 3.56. The fourth-order valence-corrected chi connectivity index (χ4v) is 4.42. The molecule has 8 heteroatoms. The van der Waals surface area contributed by atoms with Crippen LogP contribution in [-0.2, 0) is 14.8 Å². The van der Waals surface area contributed by atoms with E-state index in [-0.39, 0.29) is 11.7 Å². The average molecular weight is 423 g/mol. The number of carbonyl (C=O) groups is 1. The first kappa shape index (κ1) is 22.7. The van der Waals surface area contributed by atoms with Crippen LogP contribution in [0.4, 0.5) is 10.1 Å². The van der Waals surface area contributed by atoms with Crippen LogP contribution in [0.15, 0.2) is 42.5 Å². The molecule has 1 amide bonds. The zero-order chi connectivity index (χ0) is 21.8. The van der Waals surface area contributed by atoms with Crippen LogP contribution in [0.5, 0.6) is 5.75 Å². The summed E-state index contributed by atoms with van der Waals surface area (Å²) in [6.07, 6.45) is 1.61. The van der Waals surface area contributed by atoms with Crippen molar-refractivity contribution in [1.29, 1.82) is 0 Å². The second-order valence-corrected chi connectivity index (χ2v) is 8.77. The third-order valence-corrected chi connectivity index (χ3v) is 5.94. The number of carbonyl (C=O) groups excluding carboxylic acids is 1. The van der Waals surface area contributed by atoms with E-state index < -0.39 is 27.8 Å². The molecule has 158 valence electrons. The molecule has 2 aromatic carbocycles. The van der Waals surface area contributed by atoms with Crippen molar-refractivity contribution in [3.05, 3.63) is 59.4 Å². The Kier molecular flexibility index (Phi) is 7.24. The number of nitrogens with zero attached hydrogens (tertiary/aromatic N) is 1. The molecule has 0 aromatic heterocycles. The van der Waals surface area contributed by atoms with Crippen LogP contribution in [0.25, 0.3) is 0 Å². The van der Waals surface area contributed by atoms with Gasteiger partial charge in [0.15, 0.2) is 0 Å². The first-order valence-corrected chi connectivity index (χ1v) is 11.1. The van der Waals surface area contributed by atoms with Crippen molar-refractivity contribution in [2.75, 3.05) is 17.7 Å². The molecule has 0 fully saturated rings. The van der Waals surface area contributed by atoms with E-state index >= 15 is 0 Å². The van der Waals surface area contributed by atoms with E-state index in [9.17, 15) is 17.6 Å². The van der Waals surface area contributed by atoms with Gasteiger partial charge in [-0.25, -0.2) is 12.8 Å². The van der Waals surface area contributed by atoms with Crippen molar-refractivity contribution in [2.24, 2.45) is 0 Å².